The number of nitrogens with zero attached hydrogens (tertiary/aromatic N) is 1. The average Bonchev–Trinajstić information content (AvgIpc) is 2.44. The van der Waals surface area contributed by atoms with Crippen molar-refractivity contribution < 1.29 is 4.74 Å². The van der Waals surface area contributed by atoms with Crippen molar-refractivity contribution in [3.63, 3.8) is 0 Å². The number of fused-ring (bicyclic) bond motifs is 1. The second-order valence-electron chi connectivity index (χ2n) is 5.21. The van der Waals surface area contributed by atoms with Gasteiger partial charge in [-0.25, -0.2) is 0 Å². The smallest absolute Gasteiger partial charge is 0.189 e. The third kappa shape index (κ3) is 4.02. The molecule has 1 aliphatic rings. The summed E-state index contributed by atoms with van der Waals surface area (Å²) in [5.41, 5.74) is 8.42. The van der Waals surface area contributed by atoms with Crippen molar-refractivity contribution in [2.75, 3.05) is 13.2 Å². The van der Waals surface area contributed by atoms with Gasteiger partial charge in [0.05, 0.1) is 12.6 Å². The van der Waals surface area contributed by atoms with Crippen molar-refractivity contribution in [2.24, 2.45) is 10.7 Å². The standard InChI is InChI=1S/C16H23N3O/c1-12(2)6-5-10-18-16(17)19-14-9-11-20-15-8-4-3-7-13(14)15/h3-4,6-8,14H,5,9-11H2,1-2H3,(H3,17,18,19). The molecular formula is C16H23N3O. The van der Waals surface area contributed by atoms with Gasteiger partial charge >= 0.3 is 0 Å². The Kier molecular flexibility index (Phi) is 5.04. The molecule has 1 aliphatic heterocycles. The zero-order chi connectivity index (χ0) is 14.4. The van der Waals surface area contributed by atoms with Gasteiger partial charge in [-0.1, -0.05) is 29.8 Å². The molecule has 0 saturated carbocycles. The van der Waals surface area contributed by atoms with Gasteiger partial charge in [0.1, 0.15) is 5.75 Å². The zero-order valence-electron chi connectivity index (χ0n) is 12.2. The van der Waals surface area contributed by atoms with Crippen molar-refractivity contribution in [3.05, 3.63) is 41.5 Å². The summed E-state index contributed by atoms with van der Waals surface area (Å²) in [6, 6.07) is 8.25. The van der Waals surface area contributed by atoms with E-state index in [2.05, 4.69) is 36.3 Å². The second-order valence-corrected chi connectivity index (χ2v) is 5.21. The van der Waals surface area contributed by atoms with E-state index in [-0.39, 0.29) is 6.04 Å². The minimum atomic E-state index is 0.187. The molecule has 1 atom stereocenters. The van der Waals surface area contributed by atoms with E-state index < -0.39 is 0 Å². The van der Waals surface area contributed by atoms with Crippen LogP contribution in [0.15, 0.2) is 40.9 Å². The molecule has 4 nitrogen and oxygen atoms in total. The molecule has 2 rings (SSSR count). The number of rotatable bonds is 4. The molecule has 0 bridgehead atoms. The van der Waals surface area contributed by atoms with E-state index in [4.69, 9.17) is 10.5 Å². The van der Waals surface area contributed by atoms with E-state index in [1.54, 1.807) is 0 Å². The topological polar surface area (TPSA) is 59.6 Å². The summed E-state index contributed by atoms with van der Waals surface area (Å²) in [5.74, 6) is 1.45. The van der Waals surface area contributed by atoms with E-state index in [0.29, 0.717) is 12.6 Å². The first kappa shape index (κ1) is 14.4. The Bertz CT molecular complexity index is 504. The first-order valence-corrected chi connectivity index (χ1v) is 7.08. The highest BCUT2D eigenvalue weighted by Gasteiger charge is 2.20. The molecule has 1 aromatic carbocycles. The summed E-state index contributed by atoms with van der Waals surface area (Å²) in [4.78, 5) is 4.36. The number of ether oxygens (including phenoxy) is 1. The van der Waals surface area contributed by atoms with Gasteiger partial charge in [0.15, 0.2) is 5.96 Å². The van der Waals surface area contributed by atoms with Crippen LogP contribution in [0.4, 0.5) is 0 Å². The maximum Gasteiger partial charge on any atom is 0.189 e. The van der Waals surface area contributed by atoms with E-state index >= 15 is 0 Å². The highest BCUT2D eigenvalue weighted by atomic mass is 16.5. The molecule has 0 aromatic heterocycles. The maximum absolute atomic E-state index is 5.96. The molecule has 0 spiro atoms. The highest BCUT2D eigenvalue weighted by Crippen LogP contribution is 2.31. The van der Waals surface area contributed by atoms with Gasteiger partial charge in [-0.2, -0.15) is 0 Å². The highest BCUT2D eigenvalue weighted by molar-refractivity contribution is 5.78. The number of hydrogen-bond acceptors (Lipinski definition) is 2. The Labute approximate surface area is 120 Å². The lowest BCUT2D eigenvalue weighted by Crippen LogP contribution is -2.37. The van der Waals surface area contributed by atoms with Crippen LogP contribution in [0.25, 0.3) is 0 Å². The molecule has 0 fully saturated rings. The van der Waals surface area contributed by atoms with Crippen molar-refractivity contribution >= 4 is 5.96 Å². The lowest BCUT2D eigenvalue weighted by atomic mass is 10.0. The monoisotopic (exact) mass is 273 g/mol. The molecule has 1 unspecified atom stereocenters. The SMILES string of the molecule is CC(C)=CCCN=C(N)NC1CCOc2ccccc21. The fourth-order valence-electron chi connectivity index (χ4n) is 2.25. The molecule has 0 saturated heterocycles. The Morgan fingerprint density at radius 1 is 1.45 bits per heavy atom. The Morgan fingerprint density at radius 2 is 2.25 bits per heavy atom. The van der Waals surface area contributed by atoms with E-state index in [1.165, 1.54) is 5.57 Å². The number of benzene rings is 1. The van der Waals surface area contributed by atoms with Crippen LogP contribution in [-0.4, -0.2) is 19.1 Å². The van der Waals surface area contributed by atoms with Crippen molar-refractivity contribution in [3.8, 4) is 5.75 Å². The predicted molar refractivity (Wildman–Crippen MR) is 83.0 cm³/mol. The van der Waals surface area contributed by atoms with Gasteiger partial charge in [0, 0.05) is 18.5 Å². The normalized spacial score (nSPS) is 17.9. The number of guanidine groups is 1. The minimum Gasteiger partial charge on any atom is -0.493 e. The largest absolute Gasteiger partial charge is 0.493 e. The fraction of sp³-hybridized carbons (Fsp3) is 0.438. The van der Waals surface area contributed by atoms with Gasteiger partial charge in [-0.15, -0.1) is 0 Å². The molecule has 0 amide bonds. The molecule has 20 heavy (non-hydrogen) atoms. The van der Waals surface area contributed by atoms with Crippen LogP contribution in [0, 0.1) is 0 Å². The number of nitrogens with two attached hydrogens (primary N) is 1. The average molecular weight is 273 g/mol. The lowest BCUT2D eigenvalue weighted by Gasteiger charge is -2.26. The predicted octanol–water partition coefficient (Wildman–Crippen LogP) is 2.77. The first-order chi connectivity index (χ1) is 9.66. The number of para-hydroxylation sites is 1. The molecule has 1 heterocycles. The van der Waals surface area contributed by atoms with E-state index in [9.17, 15) is 0 Å². The summed E-state index contributed by atoms with van der Waals surface area (Å²) < 4.78 is 5.63. The number of aliphatic imine (C=N–C) groups is 1. The Morgan fingerprint density at radius 3 is 3.05 bits per heavy atom. The summed E-state index contributed by atoms with van der Waals surface area (Å²) in [7, 11) is 0. The van der Waals surface area contributed by atoms with E-state index in [0.717, 1.165) is 30.7 Å². The molecule has 1 aromatic rings. The van der Waals surface area contributed by atoms with Gasteiger partial charge in [0.25, 0.3) is 0 Å². The van der Waals surface area contributed by atoms with Crippen molar-refractivity contribution in [1.29, 1.82) is 0 Å². The van der Waals surface area contributed by atoms with Crippen LogP contribution in [-0.2, 0) is 0 Å². The lowest BCUT2D eigenvalue weighted by molar-refractivity contribution is 0.262. The van der Waals surface area contributed by atoms with Crippen LogP contribution >= 0.6 is 0 Å². The van der Waals surface area contributed by atoms with Crippen molar-refractivity contribution in [2.45, 2.75) is 32.7 Å². The van der Waals surface area contributed by atoms with Crippen LogP contribution in [0.5, 0.6) is 5.75 Å². The molecular weight excluding hydrogens is 250 g/mol. The Hall–Kier alpha value is -1.97. The summed E-state index contributed by atoms with van der Waals surface area (Å²) in [5, 5.41) is 3.29. The molecule has 0 radical (unpaired) electrons. The van der Waals surface area contributed by atoms with E-state index in [1.807, 2.05) is 18.2 Å². The number of nitrogens with one attached hydrogen (secondary N) is 1. The quantitative estimate of drug-likeness (QED) is 0.384. The van der Waals surface area contributed by atoms with Crippen LogP contribution in [0.3, 0.4) is 0 Å². The van der Waals surface area contributed by atoms with Gasteiger partial charge in [0.2, 0.25) is 0 Å². The van der Waals surface area contributed by atoms with Gasteiger partial charge < -0.3 is 15.8 Å². The second kappa shape index (κ2) is 6.98. The summed E-state index contributed by atoms with van der Waals surface area (Å²) >= 11 is 0. The third-order valence-corrected chi connectivity index (χ3v) is 3.24. The number of hydrogen-bond donors (Lipinski definition) is 2. The first-order valence-electron chi connectivity index (χ1n) is 7.08. The van der Waals surface area contributed by atoms with Gasteiger partial charge in [-0.3, -0.25) is 4.99 Å². The molecule has 4 heteroatoms. The molecule has 0 aliphatic carbocycles. The van der Waals surface area contributed by atoms with Crippen molar-refractivity contribution in [1.82, 2.24) is 5.32 Å². The molecule has 108 valence electrons. The number of allylic oxidation sites excluding steroid dienone is 1. The molecule has 3 N–H and O–H groups in total. The zero-order valence-corrected chi connectivity index (χ0v) is 12.2. The summed E-state index contributed by atoms with van der Waals surface area (Å²) in [6.07, 6.45) is 4.00. The Balaban J connectivity index is 1.93. The van der Waals surface area contributed by atoms with Crippen LogP contribution < -0.4 is 15.8 Å². The van der Waals surface area contributed by atoms with Crippen LogP contribution in [0.1, 0.15) is 38.3 Å². The summed E-state index contributed by atoms with van der Waals surface area (Å²) in [6.45, 7) is 5.60. The third-order valence-electron chi connectivity index (χ3n) is 3.24. The van der Waals surface area contributed by atoms with Crippen LogP contribution in [0.2, 0.25) is 0 Å². The van der Waals surface area contributed by atoms with Gasteiger partial charge in [-0.05, 0) is 26.3 Å². The minimum absolute atomic E-state index is 0.187. The maximum atomic E-state index is 5.96. The fourth-order valence-corrected chi connectivity index (χ4v) is 2.25.